The Morgan fingerprint density at radius 2 is 1.72 bits per heavy atom. The molecular formula is C32H30FN7O3. The molecule has 0 aliphatic carbocycles. The Morgan fingerprint density at radius 3 is 2.47 bits per heavy atom. The molecule has 0 unspecified atom stereocenters. The first kappa shape index (κ1) is 28.0. The fourth-order valence-corrected chi connectivity index (χ4v) is 5.17. The van der Waals surface area contributed by atoms with Gasteiger partial charge in [-0.25, -0.2) is 9.07 Å². The average molecular weight is 580 g/mol. The van der Waals surface area contributed by atoms with Crippen molar-refractivity contribution in [2.75, 3.05) is 36.5 Å². The molecule has 3 aromatic carbocycles. The van der Waals surface area contributed by atoms with Crippen LogP contribution in [0.1, 0.15) is 17.2 Å². The van der Waals surface area contributed by atoms with Crippen LogP contribution in [-0.2, 0) is 27.4 Å². The van der Waals surface area contributed by atoms with Crippen molar-refractivity contribution >= 4 is 34.2 Å². The lowest BCUT2D eigenvalue weighted by Gasteiger charge is -2.32. The second kappa shape index (κ2) is 12.8. The summed E-state index contributed by atoms with van der Waals surface area (Å²) < 4.78 is 20.9. The number of carbonyl (C=O) groups excluding carboxylic acids is 2. The molecule has 0 saturated carbocycles. The second-order valence-corrected chi connectivity index (χ2v) is 10.2. The monoisotopic (exact) mass is 579 g/mol. The van der Waals surface area contributed by atoms with Gasteiger partial charge < -0.3 is 19.9 Å². The first-order valence-electron chi connectivity index (χ1n) is 14.0. The molecule has 218 valence electrons. The number of halogens is 1. The maximum atomic E-state index is 14.1. The van der Waals surface area contributed by atoms with Crippen LogP contribution in [0.2, 0.25) is 0 Å². The summed E-state index contributed by atoms with van der Waals surface area (Å²) in [6.07, 6.45) is 3.29. The lowest BCUT2D eigenvalue weighted by Crippen LogP contribution is -2.42. The van der Waals surface area contributed by atoms with Crippen LogP contribution >= 0.6 is 0 Å². The molecule has 1 aliphatic rings. The molecule has 10 nitrogen and oxygen atoms in total. The Labute approximate surface area is 247 Å². The van der Waals surface area contributed by atoms with Crippen LogP contribution < -0.4 is 10.2 Å². The molecule has 43 heavy (non-hydrogen) atoms. The van der Waals surface area contributed by atoms with Crippen molar-refractivity contribution in [2.45, 2.75) is 19.1 Å². The third-order valence-electron chi connectivity index (χ3n) is 7.36. The van der Waals surface area contributed by atoms with E-state index in [9.17, 15) is 14.0 Å². The van der Waals surface area contributed by atoms with Gasteiger partial charge in [0, 0.05) is 43.4 Å². The average Bonchev–Trinajstić information content (AvgIpc) is 3.45. The number of aromatic nitrogens is 4. The topological polar surface area (TPSA) is 105 Å². The van der Waals surface area contributed by atoms with E-state index < -0.39 is 17.8 Å². The number of anilines is 2. The van der Waals surface area contributed by atoms with Crippen molar-refractivity contribution in [1.82, 2.24) is 24.9 Å². The number of para-hydroxylation sites is 1. The van der Waals surface area contributed by atoms with Crippen LogP contribution in [0, 0.1) is 5.82 Å². The minimum Gasteiger partial charge on any atom is -0.378 e. The molecule has 6 rings (SSSR count). The number of amides is 2. The smallest absolute Gasteiger partial charge is 0.251 e. The van der Waals surface area contributed by atoms with E-state index in [0.29, 0.717) is 35.5 Å². The summed E-state index contributed by atoms with van der Waals surface area (Å²) in [6, 6.07) is 23.0. The van der Waals surface area contributed by atoms with Crippen molar-refractivity contribution in [3.63, 3.8) is 0 Å². The Bertz CT molecular complexity index is 1690. The Hall–Kier alpha value is -5.16. The predicted molar refractivity (Wildman–Crippen MR) is 160 cm³/mol. The summed E-state index contributed by atoms with van der Waals surface area (Å²) in [6.45, 7) is 2.87. The Balaban J connectivity index is 1.32. The van der Waals surface area contributed by atoms with Gasteiger partial charge in [0.2, 0.25) is 5.91 Å². The first-order valence-corrected chi connectivity index (χ1v) is 14.0. The van der Waals surface area contributed by atoms with E-state index in [2.05, 4.69) is 25.5 Å². The van der Waals surface area contributed by atoms with E-state index >= 15 is 0 Å². The number of pyridine rings is 1. The first-order chi connectivity index (χ1) is 21.0. The molecule has 2 aromatic heterocycles. The third-order valence-corrected chi connectivity index (χ3v) is 7.36. The summed E-state index contributed by atoms with van der Waals surface area (Å²) in [7, 11) is 0. The minimum atomic E-state index is -1.08. The minimum absolute atomic E-state index is 0.0880. The zero-order valence-corrected chi connectivity index (χ0v) is 23.3. The van der Waals surface area contributed by atoms with Gasteiger partial charge in [-0.15, -0.1) is 5.10 Å². The third kappa shape index (κ3) is 6.52. The van der Waals surface area contributed by atoms with Crippen LogP contribution in [-0.4, -0.2) is 63.0 Å². The molecule has 11 heteroatoms. The number of hydrogen-bond acceptors (Lipinski definition) is 7. The van der Waals surface area contributed by atoms with E-state index in [1.54, 1.807) is 18.5 Å². The van der Waals surface area contributed by atoms with Crippen LogP contribution in [0.4, 0.5) is 15.8 Å². The zero-order chi connectivity index (χ0) is 29.6. The molecule has 5 aromatic rings. The van der Waals surface area contributed by atoms with Crippen LogP contribution in [0.15, 0.2) is 97.3 Å². The Morgan fingerprint density at radius 1 is 0.953 bits per heavy atom. The summed E-state index contributed by atoms with van der Waals surface area (Å²) in [5.74, 6) is -1.25. The molecule has 0 spiro atoms. The highest BCUT2D eigenvalue weighted by Gasteiger charge is 2.32. The lowest BCUT2D eigenvalue weighted by molar-refractivity contribution is -0.140. The number of hydrogen-bond donors (Lipinski definition) is 1. The standard InChI is InChI=1S/C32H30FN7O3/c33-25-9-7-24(8-10-25)31(32(42)35-26-11-13-27(14-12-26)38-16-18-43-19-17-38)39(21-23-4-3-15-34-20-23)30(41)22-40-29-6-2-1-5-28(29)36-37-40/h1-15,20,31H,16-19,21-22H2,(H,35,42)/t31-/m0/s1. The van der Waals surface area contributed by atoms with Crippen LogP contribution in [0.25, 0.3) is 11.0 Å². The van der Waals surface area contributed by atoms with Gasteiger partial charge in [0.1, 0.15) is 23.9 Å². The second-order valence-electron chi connectivity index (χ2n) is 10.2. The molecule has 1 atom stereocenters. The predicted octanol–water partition coefficient (Wildman–Crippen LogP) is 4.21. The van der Waals surface area contributed by atoms with Gasteiger partial charge in [0.15, 0.2) is 0 Å². The number of nitrogens with zero attached hydrogens (tertiary/aromatic N) is 6. The fraction of sp³-hybridized carbons (Fsp3) is 0.219. The van der Waals surface area contributed by atoms with Crippen molar-refractivity contribution < 1.29 is 18.7 Å². The maximum absolute atomic E-state index is 14.1. The van der Waals surface area contributed by atoms with Gasteiger partial charge in [0.05, 0.1) is 18.7 Å². The van der Waals surface area contributed by atoms with Gasteiger partial charge in [0.25, 0.3) is 5.91 Å². The molecule has 1 aliphatic heterocycles. The maximum Gasteiger partial charge on any atom is 0.251 e. The van der Waals surface area contributed by atoms with Gasteiger partial charge in [-0.1, -0.05) is 35.5 Å². The van der Waals surface area contributed by atoms with Gasteiger partial charge in [-0.05, 0) is 65.7 Å². The number of nitrogens with one attached hydrogen (secondary N) is 1. The highest BCUT2D eigenvalue weighted by molar-refractivity contribution is 5.98. The van der Waals surface area contributed by atoms with Crippen LogP contribution in [0.3, 0.4) is 0 Å². The van der Waals surface area contributed by atoms with Crippen molar-refractivity contribution in [3.05, 3.63) is 114 Å². The molecule has 1 saturated heterocycles. The molecule has 1 N–H and O–H groups in total. The number of benzene rings is 3. The normalized spacial score (nSPS) is 13.9. The molecule has 0 bridgehead atoms. The fourth-order valence-electron chi connectivity index (χ4n) is 5.17. The molecule has 0 radical (unpaired) electrons. The van der Waals surface area contributed by atoms with Crippen LogP contribution in [0.5, 0.6) is 0 Å². The van der Waals surface area contributed by atoms with Gasteiger partial charge in [-0.3, -0.25) is 14.6 Å². The highest BCUT2D eigenvalue weighted by atomic mass is 19.1. The summed E-state index contributed by atoms with van der Waals surface area (Å²) in [4.78, 5) is 36.0. The zero-order valence-electron chi connectivity index (χ0n) is 23.3. The quantitative estimate of drug-likeness (QED) is 0.279. The molecule has 1 fully saturated rings. The number of morpholine rings is 1. The van der Waals surface area contributed by atoms with Crippen molar-refractivity contribution in [1.29, 1.82) is 0 Å². The lowest BCUT2D eigenvalue weighted by atomic mass is 10.0. The van der Waals surface area contributed by atoms with E-state index in [1.807, 2.05) is 54.6 Å². The SMILES string of the molecule is O=C(Nc1ccc(N2CCOCC2)cc1)[C@H](c1ccc(F)cc1)N(Cc1cccnc1)C(=O)Cn1nnc2ccccc21. The van der Waals surface area contributed by atoms with E-state index in [4.69, 9.17) is 4.74 Å². The number of carbonyl (C=O) groups is 2. The van der Waals surface area contributed by atoms with E-state index in [1.165, 1.54) is 33.8 Å². The molecule has 2 amide bonds. The van der Waals surface area contributed by atoms with Gasteiger partial charge in [-0.2, -0.15) is 0 Å². The summed E-state index contributed by atoms with van der Waals surface area (Å²) >= 11 is 0. The molecular weight excluding hydrogens is 549 g/mol. The van der Waals surface area contributed by atoms with Crippen molar-refractivity contribution in [2.24, 2.45) is 0 Å². The molecule has 3 heterocycles. The Kier molecular flexibility index (Phi) is 8.32. The number of fused-ring (bicyclic) bond motifs is 1. The summed E-state index contributed by atoms with van der Waals surface area (Å²) in [5, 5.41) is 11.3. The van der Waals surface area contributed by atoms with E-state index in [0.717, 1.165) is 24.3 Å². The number of rotatable bonds is 9. The van der Waals surface area contributed by atoms with Crippen molar-refractivity contribution in [3.8, 4) is 0 Å². The summed E-state index contributed by atoms with van der Waals surface area (Å²) in [5.41, 5.74) is 4.15. The van der Waals surface area contributed by atoms with E-state index in [-0.39, 0.29) is 19.0 Å². The largest absolute Gasteiger partial charge is 0.378 e. The highest BCUT2D eigenvalue weighted by Crippen LogP contribution is 2.27. The van der Waals surface area contributed by atoms with Gasteiger partial charge >= 0.3 is 0 Å². The number of ether oxygens (including phenoxy) is 1.